The molecule has 1 aliphatic carbocycles. The molecule has 0 saturated carbocycles. The van der Waals surface area contributed by atoms with Gasteiger partial charge in [0.2, 0.25) is 0 Å². The number of nitrogen functional groups attached to an aromatic ring is 1. The number of nitrogens with two attached hydrogens (primary N) is 1. The lowest BCUT2D eigenvalue weighted by Crippen LogP contribution is -2.11. The molecule has 0 spiro atoms. The molecule has 176 valence electrons. The highest BCUT2D eigenvalue weighted by Crippen LogP contribution is 2.41. The number of nitrogens with zero attached hydrogens (tertiary/aromatic N) is 4. The third-order valence-electron chi connectivity index (χ3n) is 6.21. The Morgan fingerprint density at radius 1 is 1.09 bits per heavy atom. The summed E-state index contributed by atoms with van der Waals surface area (Å²) in [6.45, 7) is 2.15. The second-order valence-electron chi connectivity index (χ2n) is 8.49. The van der Waals surface area contributed by atoms with E-state index < -0.39 is 11.7 Å². The predicted molar refractivity (Wildman–Crippen MR) is 123 cm³/mol. The van der Waals surface area contributed by atoms with E-state index in [1.807, 2.05) is 23.7 Å². The number of hydrogen-bond donors (Lipinski definition) is 1. The molecule has 2 N–H and O–H groups in total. The van der Waals surface area contributed by atoms with Crippen molar-refractivity contribution in [1.82, 2.24) is 19.7 Å². The molecule has 6 nitrogen and oxygen atoms in total. The van der Waals surface area contributed by atoms with Crippen LogP contribution in [0.3, 0.4) is 0 Å². The lowest BCUT2D eigenvalue weighted by atomic mass is 10.1. The van der Waals surface area contributed by atoms with Crippen molar-refractivity contribution in [3.63, 3.8) is 0 Å². The van der Waals surface area contributed by atoms with E-state index >= 15 is 0 Å². The summed E-state index contributed by atoms with van der Waals surface area (Å²) in [4.78, 5) is 8.55. The number of unbranched alkanes of at least 4 members (excludes halogenated alkanes) is 1. The third-order valence-corrected chi connectivity index (χ3v) is 6.21. The molecular weight excluding hydrogens is 443 g/mol. The van der Waals surface area contributed by atoms with Crippen molar-refractivity contribution in [2.75, 3.05) is 12.3 Å². The zero-order valence-corrected chi connectivity index (χ0v) is 18.6. The molecule has 0 atom stereocenters. The van der Waals surface area contributed by atoms with Crippen molar-refractivity contribution in [1.29, 1.82) is 0 Å². The highest BCUT2D eigenvalue weighted by Gasteiger charge is 2.35. The van der Waals surface area contributed by atoms with Crippen LogP contribution in [-0.2, 0) is 19.0 Å². The highest BCUT2D eigenvalue weighted by molar-refractivity contribution is 5.98. The van der Waals surface area contributed by atoms with Crippen molar-refractivity contribution in [3.05, 3.63) is 65.5 Å². The second kappa shape index (κ2) is 8.62. The van der Waals surface area contributed by atoms with Crippen LogP contribution in [0.25, 0.3) is 22.3 Å². The van der Waals surface area contributed by atoms with E-state index in [1.54, 1.807) is 0 Å². The van der Waals surface area contributed by atoms with Crippen LogP contribution >= 0.6 is 0 Å². The van der Waals surface area contributed by atoms with Gasteiger partial charge in [-0.2, -0.15) is 18.3 Å². The van der Waals surface area contributed by atoms with Gasteiger partial charge in [0.05, 0.1) is 23.6 Å². The SMILES string of the molecule is CCCCOc1cc(-c2nn(C3Cc4ccccc4C3)c3ncnc(N)c23)ccc1C(F)(F)F. The Bertz CT molecular complexity index is 1320. The van der Waals surface area contributed by atoms with Crippen LogP contribution in [0, 0.1) is 0 Å². The molecular formula is C25H24F3N5O. The molecule has 0 radical (unpaired) electrons. The van der Waals surface area contributed by atoms with E-state index in [0.29, 0.717) is 28.7 Å². The van der Waals surface area contributed by atoms with Crippen molar-refractivity contribution < 1.29 is 17.9 Å². The lowest BCUT2D eigenvalue weighted by Gasteiger charge is -2.15. The van der Waals surface area contributed by atoms with E-state index in [2.05, 4.69) is 22.1 Å². The molecule has 2 heterocycles. The molecule has 0 fully saturated rings. The van der Waals surface area contributed by atoms with Gasteiger partial charge >= 0.3 is 6.18 Å². The quantitative estimate of drug-likeness (QED) is 0.373. The molecule has 0 bridgehead atoms. The minimum absolute atomic E-state index is 0.0256. The van der Waals surface area contributed by atoms with Gasteiger partial charge in [0.25, 0.3) is 0 Å². The number of rotatable bonds is 6. The maximum atomic E-state index is 13.6. The summed E-state index contributed by atoms with van der Waals surface area (Å²) >= 11 is 0. The van der Waals surface area contributed by atoms with Crippen LogP contribution in [0.2, 0.25) is 0 Å². The van der Waals surface area contributed by atoms with Crippen LogP contribution in [0.15, 0.2) is 48.8 Å². The van der Waals surface area contributed by atoms with Crippen molar-refractivity contribution in [2.24, 2.45) is 0 Å². The van der Waals surface area contributed by atoms with E-state index in [1.165, 1.54) is 29.6 Å². The normalized spacial score (nSPS) is 14.0. The molecule has 1 aliphatic rings. The van der Waals surface area contributed by atoms with Gasteiger partial charge in [0, 0.05) is 5.56 Å². The Hall–Kier alpha value is -3.62. The predicted octanol–water partition coefficient (Wildman–Crippen LogP) is 5.61. The number of anilines is 1. The molecule has 0 saturated heterocycles. The molecule has 2 aromatic carbocycles. The van der Waals surface area contributed by atoms with E-state index in [9.17, 15) is 13.2 Å². The van der Waals surface area contributed by atoms with Crippen molar-refractivity contribution >= 4 is 16.9 Å². The molecule has 0 aliphatic heterocycles. The summed E-state index contributed by atoms with van der Waals surface area (Å²) in [5.74, 6) is 0.0138. The first kappa shape index (κ1) is 22.2. The Kier molecular flexibility index (Phi) is 5.63. The fourth-order valence-electron chi connectivity index (χ4n) is 4.51. The Labute approximate surface area is 194 Å². The summed E-state index contributed by atoms with van der Waals surface area (Å²) in [5.41, 5.74) is 9.38. The van der Waals surface area contributed by atoms with E-state index in [-0.39, 0.29) is 24.2 Å². The van der Waals surface area contributed by atoms with Gasteiger partial charge < -0.3 is 10.5 Å². The summed E-state index contributed by atoms with van der Waals surface area (Å²) in [6.07, 6.45) is -0.105. The summed E-state index contributed by atoms with van der Waals surface area (Å²) < 4.78 is 48.2. The first-order valence-corrected chi connectivity index (χ1v) is 11.3. The maximum absolute atomic E-state index is 13.6. The van der Waals surface area contributed by atoms with Gasteiger partial charge in [-0.05, 0) is 42.5 Å². The van der Waals surface area contributed by atoms with Crippen LogP contribution in [-0.4, -0.2) is 26.4 Å². The lowest BCUT2D eigenvalue weighted by molar-refractivity contribution is -0.138. The maximum Gasteiger partial charge on any atom is 0.419 e. The molecule has 4 aromatic rings. The van der Waals surface area contributed by atoms with Gasteiger partial charge in [-0.1, -0.05) is 43.7 Å². The monoisotopic (exact) mass is 467 g/mol. The summed E-state index contributed by atoms with van der Waals surface area (Å²) in [6, 6.07) is 12.1. The second-order valence-corrected chi connectivity index (χ2v) is 8.49. The number of alkyl halides is 3. The zero-order valence-electron chi connectivity index (χ0n) is 18.6. The largest absolute Gasteiger partial charge is 0.493 e. The first-order chi connectivity index (χ1) is 16.4. The minimum atomic E-state index is -4.53. The molecule has 5 rings (SSSR count). The van der Waals surface area contributed by atoms with Gasteiger partial charge in [-0.3, -0.25) is 0 Å². The first-order valence-electron chi connectivity index (χ1n) is 11.3. The summed E-state index contributed by atoms with van der Waals surface area (Å²) in [7, 11) is 0. The number of benzene rings is 2. The van der Waals surface area contributed by atoms with Crippen LogP contribution in [0.5, 0.6) is 5.75 Å². The molecule has 2 aromatic heterocycles. The number of hydrogen-bond acceptors (Lipinski definition) is 5. The molecule has 0 unspecified atom stereocenters. The minimum Gasteiger partial charge on any atom is -0.493 e. The van der Waals surface area contributed by atoms with Crippen LogP contribution in [0.1, 0.15) is 42.5 Å². The van der Waals surface area contributed by atoms with E-state index in [0.717, 1.165) is 25.3 Å². The van der Waals surface area contributed by atoms with Gasteiger partial charge in [0.1, 0.15) is 23.6 Å². The Morgan fingerprint density at radius 2 is 1.82 bits per heavy atom. The average molecular weight is 467 g/mol. The average Bonchev–Trinajstić information content (AvgIpc) is 3.41. The van der Waals surface area contributed by atoms with Gasteiger partial charge in [-0.15, -0.1) is 0 Å². The smallest absolute Gasteiger partial charge is 0.419 e. The molecule has 0 amide bonds. The molecule has 34 heavy (non-hydrogen) atoms. The van der Waals surface area contributed by atoms with Crippen LogP contribution in [0.4, 0.5) is 19.0 Å². The highest BCUT2D eigenvalue weighted by atomic mass is 19.4. The summed E-state index contributed by atoms with van der Waals surface area (Å²) in [5, 5.41) is 5.34. The van der Waals surface area contributed by atoms with Crippen molar-refractivity contribution in [3.8, 4) is 17.0 Å². The Balaban J connectivity index is 1.61. The third kappa shape index (κ3) is 3.95. The number of ether oxygens (including phenoxy) is 1. The fourth-order valence-corrected chi connectivity index (χ4v) is 4.51. The zero-order chi connectivity index (χ0) is 23.9. The number of halogens is 3. The Morgan fingerprint density at radius 3 is 2.50 bits per heavy atom. The topological polar surface area (TPSA) is 78.8 Å². The fraction of sp³-hybridized carbons (Fsp3) is 0.320. The van der Waals surface area contributed by atoms with Crippen LogP contribution < -0.4 is 10.5 Å². The van der Waals surface area contributed by atoms with Crippen molar-refractivity contribution in [2.45, 2.75) is 44.8 Å². The number of aromatic nitrogens is 4. The standard InChI is InChI=1S/C25H24F3N5O/c1-2-3-10-34-20-13-17(8-9-19(20)25(26,27)28)22-21-23(29)30-14-31-24(21)33(32-22)18-11-15-6-4-5-7-16(15)12-18/h4-9,13-14,18H,2-3,10-12H2,1H3,(H2,29,30,31). The van der Waals surface area contributed by atoms with Gasteiger partial charge in [-0.25, -0.2) is 14.6 Å². The van der Waals surface area contributed by atoms with Gasteiger partial charge in [0.15, 0.2) is 5.65 Å². The van der Waals surface area contributed by atoms with E-state index in [4.69, 9.17) is 15.6 Å². The molecule has 9 heteroatoms. The number of fused-ring (bicyclic) bond motifs is 2.